The number of allylic oxidation sites excluding steroid dienone is 3. The van der Waals surface area contributed by atoms with Gasteiger partial charge in [0.05, 0.1) is 6.54 Å². The zero-order chi connectivity index (χ0) is 23.9. The molecular formula is C22H22F5N5O. The Labute approximate surface area is 186 Å². The average molecular weight is 467 g/mol. The number of carbonyl (C=O) groups excluding carboxylic acids is 1. The first-order valence-corrected chi connectivity index (χ1v) is 10.4. The van der Waals surface area contributed by atoms with E-state index in [1.54, 1.807) is 6.08 Å². The second-order valence-electron chi connectivity index (χ2n) is 8.17. The molecule has 2 aromatic rings. The van der Waals surface area contributed by atoms with E-state index >= 15 is 0 Å². The quantitative estimate of drug-likeness (QED) is 0.424. The molecule has 1 amide bonds. The molecule has 2 atom stereocenters. The lowest BCUT2D eigenvalue weighted by Crippen LogP contribution is -2.42. The van der Waals surface area contributed by atoms with Gasteiger partial charge < -0.3 is 15.2 Å². The highest BCUT2D eigenvalue weighted by atomic mass is 19.3. The molecule has 1 aliphatic carbocycles. The van der Waals surface area contributed by atoms with E-state index in [0.29, 0.717) is 11.6 Å². The fraction of sp³-hybridized carbons (Fsp3) is 0.409. The van der Waals surface area contributed by atoms with E-state index in [9.17, 15) is 26.7 Å². The molecule has 2 N–H and O–H groups in total. The van der Waals surface area contributed by atoms with E-state index in [4.69, 9.17) is 5.73 Å². The van der Waals surface area contributed by atoms with Gasteiger partial charge in [-0.05, 0) is 37.5 Å². The molecule has 1 aromatic heterocycles. The molecule has 0 spiro atoms. The van der Waals surface area contributed by atoms with Gasteiger partial charge in [0.15, 0.2) is 17.5 Å². The van der Waals surface area contributed by atoms with Gasteiger partial charge in [-0.25, -0.2) is 13.2 Å². The Kier molecular flexibility index (Phi) is 6.08. The zero-order valence-corrected chi connectivity index (χ0v) is 17.7. The van der Waals surface area contributed by atoms with Gasteiger partial charge in [-0.2, -0.15) is 8.78 Å². The minimum absolute atomic E-state index is 0.00552. The molecular weight excluding hydrogens is 445 g/mol. The van der Waals surface area contributed by atoms with E-state index < -0.39 is 41.2 Å². The average Bonchev–Trinajstić information content (AvgIpc) is 3.20. The fourth-order valence-corrected chi connectivity index (χ4v) is 4.34. The van der Waals surface area contributed by atoms with Crippen LogP contribution in [0.1, 0.15) is 42.9 Å². The molecule has 11 heteroatoms. The van der Waals surface area contributed by atoms with Gasteiger partial charge in [0.25, 0.3) is 0 Å². The van der Waals surface area contributed by atoms with Crippen LogP contribution >= 0.6 is 0 Å². The van der Waals surface area contributed by atoms with Crippen LogP contribution in [0, 0.1) is 17.5 Å². The SMILES string of the molecule is C/C=C/C(F)(F)c1nnc2n1CCN(C(=O)C1=CC[C@H](c3cc(F)c(F)cc3F)[C@@H](N)C1)C2. The maximum Gasteiger partial charge on any atom is 0.325 e. The lowest BCUT2D eigenvalue weighted by Gasteiger charge is -2.33. The third kappa shape index (κ3) is 4.29. The molecule has 6 nitrogen and oxygen atoms in total. The maximum atomic E-state index is 14.2. The first kappa shape index (κ1) is 23.1. The number of alkyl halides is 2. The van der Waals surface area contributed by atoms with E-state index in [-0.39, 0.29) is 49.8 Å². The van der Waals surface area contributed by atoms with Crippen LogP contribution in [0.5, 0.6) is 0 Å². The number of nitrogens with zero attached hydrogens (tertiary/aromatic N) is 4. The first-order valence-electron chi connectivity index (χ1n) is 10.4. The normalized spacial score (nSPS) is 21.3. The third-order valence-corrected chi connectivity index (χ3v) is 6.02. The molecule has 1 aromatic carbocycles. The van der Waals surface area contributed by atoms with Gasteiger partial charge in [-0.3, -0.25) is 4.79 Å². The molecule has 176 valence electrons. The van der Waals surface area contributed by atoms with E-state index in [2.05, 4.69) is 10.2 Å². The summed E-state index contributed by atoms with van der Waals surface area (Å²) in [5.74, 6) is -7.77. The number of halogens is 5. The maximum absolute atomic E-state index is 14.2. The number of hydrogen-bond donors (Lipinski definition) is 1. The van der Waals surface area contributed by atoms with Crippen LogP contribution in [0.3, 0.4) is 0 Å². The summed E-state index contributed by atoms with van der Waals surface area (Å²) in [7, 11) is 0. The van der Waals surface area contributed by atoms with Crippen LogP contribution in [0.15, 0.2) is 35.9 Å². The number of benzene rings is 1. The van der Waals surface area contributed by atoms with Crippen LogP contribution in [0.2, 0.25) is 0 Å². The number of rotatable bonds is 4. The molecule has 4 rings (SSSR count). The molecule has 0 saturated heterocycles. The largest absolute Gasteiger partial charge is 0.330 e. The molecule has 0 fully saturated rings. The summed E-state index contributed by atoms with van der Waals surface area (Å²) in [6.45, 7) is 1.77. The number of hydrogen-bond acceptors (Lipinski definition) is 4. The van der Waals surface area contributed by atoms with E-state index in [1.165, 1.54) is 22.5 Å². The molecule has 2 aliphatic rings. The van der Waals surface area contributed by atoms with Crippen LogP contribution < -0.4 is 5.73 Å². The summed E-state index contributed by atoms with van der Waals surface area (Å²) in [6.07, 6.45) is 3.87. The molecule has 0 radical (unpaired) electrons. The number of nitrogens with two attached hydrogens (primary N) is 1. The molecule has 0 unspecified atom stereocenters. The summed E-state index contributed by atoms with van der Waals surface area (Å²) in [5, 5.41) is 7.45. The van der Waals surface area contributed by atoms with Gasteiger partial charge in [0, 0.05) is 36.7 Å². The molecule has 0 saturated carbocycles. The van der Waals surface area contributed by atoms with Crippen molar-refractivity contribution in [2.24, 2.45) is 5.73 Å². The Morgan fingerprint density at radius 1 is 1.15 bits per heavy atom. The Balaban J connectivity index is 1.49. The number of amides is 1. The zero-order valence-electron chi connectivity index (χ0n) is 17.7. The van der Waals surface area contributed by atoms with Crippen molar-refractivity contribution in [3.05, 3.63) is 70.6 Å². The second-order valence-corrected chi connectivity index (χ2v) is 8.17. The van der Waals surface area contributed by atoms with E-state index in [0.717, 1.165) is 12.1 Å². The molecule has 33 heavy (non-hydrogen) atoms. The summed E-state index contributed by atoms with van der Waals surface area (Å²) >= 11 is 0. The van der Waals surface area contributed by atoms with Crippen molar-refractivity contribution in [3.63, 3.8) is 0 Å². The fourth-order valence-electron chi connectivity index (χ4n) is 4.34. The van der Waals surface area contributed by atoms with Crippen LogP contribution in [-0.4, -0.2) is 38.2 Å². The number of aromatic nitrogens is 3. The van der Waals surface area contributed by atoms with Crippen molar-refractivity contribution in [2.45, 2.75) is 50.7 Å². The number of fused-ring (bicyclic) bond motifs is 1. The van der Waals surface area contributed by atoms with E-state index in [1.807, 2.05) is 0 Å². The third-order valence-electron chi connectivity index (χ3n) is 6.02. The Morgan fingerprint density at radius 2 is 1.88 bits per heavy atom. The highest BCUT2D eigenvalue weighted by Gasteiger charge is 2.38. The van der Waals surface area contributed by atoms with Crippen molar-refractivity contribution in [1.82, 2.24) is 19.7 Å². The van der Waals surface area contributed by atoms with Crippen LogP contribution in [0.4, 0.5) is 22.0 Å². The van der Waals surface area contributed by atoms with Crippen molar-refractivity contribution < 1.29 is 26.7 Å². The number of carbonyl (C=O) groups is 1. The van der Waals surface area contributed by atoms with Crippen molar-refractivity contribution in [1.29, 1.82) is 0 Å². The topological polar surface area (TPSA) is 77.0 Å². The smallest absolute Gasteiger partial charge is 0.325 e. The second kappa shape index (κ2) is 8.69. The monoisotopic (exact) mass is 467 g/mol. The summed E-state index contributed by atoms with van der Waals surface area (Å²) in [5.41, 5.74) is 6.53. The van der Waals surface area contributed by atoms with Gasteiger partial charge in [0.2, 0.25) is 11.7 Å². The standard InChI is InChI=1S/C22H22F5N5O/c1-2-5-22(26,27)21-30-29-19-11-31(6-7-32(19)21)20(33)12-3-4-13(18(28)8-12)14-9-16(24)17(25)10-15(14)23/h2-3,5,9-10,13,18H,4,6-8,11,28H2,1H3/b5-2+/t13-,18+/m1/s1. The molecule has 2 heterocycles. The molecule has 0 bridgehead atoms. The highest BCUT2D eigenvalue weighted by Crippen LogP contribution is 2.35. The predicted molar refractivity (Wildman–Crippen MR) is 108 cm³/mol. The van der Waals surface area contributed by atoms with Crippen molar-refractivity contribution in [2.75, 3.05) is 6.54 Å². The predicted octanol–water partition coefficient (Wildman–Crippen LogP) is 3.54. The van der Waals surface area contributed by atoms with Crippen molar-refractivity contribution in [3.8, 4) is 0 Å². The Bertz CT molecular complexity index is 1140. The van der Waals surface area contributed by atoms with Gasteiger partial charge in [-0.15, -0.1) is 10.2 Å². The lowest BCUT2D eigenvalue weighted by atomic mass is 9.80. The Morgan fingerprint density at radius 3 is 2.58 bits per heavy atom. The van der Waals surface area contributed by atoms with Crippen LogP contribution in [0.25, 0.3) is 0 Å². The van der Waals surface area contributed by atoms with Crippen LogP contribution in [-0.2, 0) is 23.8 Å². The lowest BCUT2D eigenvalue weighted by molar-refractivity contribution is -0.129. The van der Waals surface area contributed by atoms with Gasteiger partial charge in [-0.1, -0.05) is 12.2 Å². The summed E-state index contributed by atoms with van der Waals surface area (Å²) < 4.78 is 70.8. The van der Waals surface area contributed by atoms with Crippen molar-refractivity contribution >= 4 is 5.91 Å². The summed E-state index contributed by atoms with van der Waals surface area (Å²) in [6, 6.07) is 0.599. The summed E-state index contributed by atoms with van der Waals surface area (Å²) in [4.78, 5) is 14.5. The highest BCUT2D eigenvalue weighted by molar-refractivity contribution is 5.93. The minimum Gasteiger partial charge on any atom is -0.330 e. The van der Waals surface area contributed by atoms with Gasteiger partial charge in [0.1, 0.15) is 5.82 Å². The molecule has 1 aliphatic heterocycles. The first-order chi connectivity index (χ1) is 15.6. The Hall–Kier alpha value is -3.08. The minimum atomic E-state index is -3.27. The van der Waals surface area contributed by atoms with Gasteiger partial charge >= 0.3 is 5.92 Å².